The fraction of sp³-hybridized carbons (Fsp3) is 0.250. The molecule has 6 nitrogen and oxygen atoms in total. The monoisotopic (exact) mass is 225 g/mol. The van der Waals surface area contributed by atoms with Gasteiger partial charge in [-0.15, -0.1) is 0 Å². The Morgan fingerprint density at radius 3 is 2.80 bits per heavy atom. The number of hydrogen-bond donors (Lipinski definition) is 0. The van der Waals surface area contributed by atoms with Gasteiger partial charge in [0.15, 0.2) is 32.2 Å². The van der Waals surface area contributed by atoms with Crippen molar-refractivity contribution in [1.82, 2.24) is 9.97 Å². The summed E-state index contributed by atoms with van der Waals surface area (Å²) < 4.78 is 22.3. The number of carbonyl (C=O) groups excluding carboxylic acids is 1. The molecule has 1 aliphatic heterocycles. The van der Waals surface area contributed by atoms with Crippen LogP contribution in [0.3, 0.4) is 0 Å². The van der Waals surface area contributed by atoms with Crippen LogP contribution in [0.25, 0.3) is 0 Å². The molecule has 0 radical (unpaired) electrons. The summed E-state index contributed by atoms with van der Waals surface area (Å²) in [6.07, 6.45) is 3.68. The van der Waals surface area contributed by atoms with E-state index in [0.29, 0.717) is 0 Å². The van der Waals surface area contributed by atoms with Gasteiger partial charge in [0.05, 0.1) is 6.20 Å². The summed E-state index contributed by atoms with van der Waals surface area (Å²) in [7, 11) is -3.41. The van der Waals surface area contributed by atoms with E-state index in [1.807, 2.05) is 0 Å². The van der Waals surface area contributed by atoms with Crippen LogP contribution in [0.5, 0.6) is 0 Å². The van der Waals surface area contributed by atoms with Crippen molar-refractivity contribution in [1.29, 1.82) is 0 Å². The van der Waals surface area contributed by atoms with Crippen LogP contribution in [0.1, 0.15) is 16.9 Å². The standard InChI is InChI=1S/C8H7N3O3S/c1-15(13,14)6-4-10-7-5(12)2-3-9-8(7)11-6/h3-4H,2H2,1H3. The Morgan fingerprint density at radius 1 is 1.40 bits per heavy atom. The van der Waals surface area contributed by atoms with Gasteiger partial charge in [0.2, 0.25) is 0 Å². The Labute approximate surface area is 86.0 Å². The minimum Gasteiger partial charge on any atom is -0.292 e. The summed E-state index contributed by atoms with van der Waals surface area (Å²) in [4.78, 5) is 22.7. The molecule has 0 bridgehead atoms. The fourth-order valence-electron chi connectivity index (χ4n) is 1.14. The lowest BCUT2D eigenvalue weighted by molar-refractivity contribution is 0.0995. The van der Waals surface area contributed by atoms with Crippen molar-refractivity contribution in [3.63, 3.8) is 0 Å². The lowest BCUT2D eigenvalue weighted by Crippen LogP contribution is -2.11. The Morgan fingerprint density at radius 2 is 2.13 bits per heavy atom. The molecular formula is C8H7N3O3S. The average molecular weight is 225 g/mol. The molecule has 0 atom stereocenters. The quantitative estimate of drug-likeness (QED) is 0.679. The van der Waals surface area contributed by atoms with Crippen LogP contribution in [0, 0.1) is 0 Å². The van der Waals surface area contributed by atoms with Crippen LogP contribution in [0.4, 0.5) is 5.82 Å². The van der Waals surface area contributed by atoms with E-state index < -0.39 is 9.84 Å². The molecule has 0 saturated heterocycles. The zero-order valence-corrected chi connectivity index (χ0v) is 8.65. The Hall–Kier alpha value is -1.63. The van der Waals surface area contributed by atoms with E-state index in [-0.39, 0.29) is 28.7 Å². The third-order valence-electron chi connectivity index (χ3n) is 1.87. The van der Waals surface area contributed by atoms with Crippen molar-refractivity contribution in [2.75, 3.05) is 6.26 Å². The maximum atomic E-state index is 11.3. The summed E-state index contributed by atoms with van der Waals surface area (Å²) in [5.41, 5.74) is 0.130. The fourth-order valence-corrected chi connectivity index (χ4v) is 1.64. The predicted molar refractivity (Wildman–Crippen MR) is 52.2 cm³/mol. The largest absolute Gasteiger partial charge is 0.292 e. The SMILES string of the molecule is CS(=O)(=O)c1cnc2c(n1)N=CCC2=O. The molecule has 0 fully saturated rings. The van der Waals surface area contributed by atoms with E-state index in [1.54, 1.807) is 0 Å². The molecule has 2 heterocycles. The van der Waals surface area contributed by atoms with Crippen molar-refractivity contribution in [2.24, 2.45) is 4.99 Å². The second-order valence-electron chi connectivity index (χ2n) is 3.09. The number of rotatable bonds is 1. The summed E-state index contributed by atoms with van der Waals surface area (Å²) in [6.45, 7) is 0. The van der Waals surface area contributed by atoms with Crippen LogP contribution in [0.15, 0.2) is 16.2 Å². The zero-order valence-electron chi connectivity index (χ0n) is 7.84. The first-order valence-electron chi connectivity index (χ1n) is 4.11. The highest BCUT2D eigenvalue weighted by Gasteiger charge is 2.20. The molecule has 0 amide bonds. The molecular weight excluding hydrogens is 218 g/mol. The Kier molecular flexibility index (Phi) is 2.11. The van der Waals surface area contributed by atoms with Crippen molar-refractivity contribution >= 4 is 27.7 Å². The smallest absolute Gasteiger partial charge is 0.194 e. The van der Waals surface area contributed by atoms with Crippen molar-refractivity contribution in [2.45, 2.75) is 11.4 Å². The third-order valence-corrected chi connectivity index (χ3v) is 2.82. The highest BCUT2D eigenvalue weighted by atomic mass is 32.2. The molecule has 0 saturated carbocycles. The number of aromatic nitrogens is 2. The van der Waals surface area contributed by atoms with Gasteiger partial charge in [-0.1, -0.05) is 0 Å². The molecule has 1 aromatic rings. The van der Waals surface area contributed by atoms with Gasteiger partial charge in [-0.25, -0.2) is 23.4 Å². The van der Waals surface area contributed by atoms with Gasteiger partial charge in [-0.05, 0) is 0 Å². The number of Topliss-reactive ketones (excluding diaryl/α,β-unsaturated/α-hetero) is 1. The van der Waals surface area contributed by atoms with E-state index in [4.69, 9.17) is 0 Å². The lowest BCUT2D eigenvalue weighted by Gasteiger charge is -2.06. The molecule has 0 unspecified atom stereocenters. The Bertz CT molecular complexity index is 562. The number of hydrogen-bond acceptors (Lipinski definition) is 6. The molecule has 7 heteroatoms. The molecule has 2 rings (SSSR count). The number of carbonyl (C=O) groups is 1. The van der Waals surface area contributed by atoms with Gasteiger partial charge in [0.1, 0.15) is 0 Å². The van der Waals surface area contributed by atoms with Gasteiger partial charge in [-0.2, -0.15) is 0 Å². The van der Waals surface area contributed by atoms with Crippen LogP contribution >= 0.6 is 0 Å². The molecule has 78 valence electrons. The maximum Gasteiger partial charge on any atom is 0.194 e. The highest BCUT2D eigenvalue weighted by Crippen LogP contribution is 2.20. The highest BCUT2D eigenvalue weighted by molar-refractivity contribution is 7.90. The number of ketones is 1. The van der Waals surface area contributed by atoms with Gasteiger partial charge < -0.3 is 0 Å². The first kappa shape index (κ1) is 9.91. The minimum absolute atomic E-state index is 0.0779. The maximum absolute atomic E-state index is 11.3. The molecule has 0 aliphatic carbocycles. The van der Waals surface area contributed by atoms with E-state index >= 15 is 0 Å². The minimum atomic E-state index is -3.41. The van der Waals surface area contributed by atoms with Crippen molar-refractivity contribution < 1.29 is 13.2 Å². The topological polar surface area (TPSA) is 89.3 Å². The third kappa shape index (κ3) is 1.78. The molecule has 1 aromatic heterocycles. The molecule has 0 aromatic carbocycles. The van der Waals surface area contributed by atoms with Gasteiger partial charge in [0, 0.05) is 18.9 Å². The first-order valence-corrected chi connectivity index (χ1v) is 6.00. The van der Waals surface area contributed by atoms with Gasteiger partial charge in [-0.3, -0.25) is 4.79 Å². The number of nitrogens with zero attached hydrogens (tertiary/aromatic N) is 3. The van der Waals surface area contributed by atoms with Crippen LogP contribution in [-0.4, -0.2) is 36.6 Å². The van der Waals surface area contributed by atoms with Gasteiger partial charge in [0.25, 0.3) is 0 Å². The normalized spacial score (nSPS) is 15.1. The van der Waals surface area contributed by atoms with Crippen molar-refractivity contribution in [3.8, 4) is 0 Å². The van der Waals surface area contributed by atoms with Crippen LogP contribution < -0.4 is 0 Å². The molecule has 1 aliphatic rings. The summed E-state index contributed by atoms with van der Waals surface area (Å²) in [6, 6.07) is 0. The molecule has 15 heavy (non-hydrogen) atoms. The van der Waals surface area contributed by atoms with Crippen molar-refractivity contribution in [3.05, 3.63) is 11.9 Å². The second kappa shape index (κ2) is 3.20. The number of sulfone groups is 1. The van der Waals surface area contributed by atoms with E-state index in [2.05, 4.69) is 15.0 Å². The Balaban J connectivity index is 2.63. The van der Waals surface area contributed by atoms with Crippen LogP contribution in [0.2, 0.25) is 0 Å². The summed E-state index contributed by atoms with van der Waals surface area (Å²) in [5.74, 6) is -0.123. The summed E-state index contributed by atoms with van der Waals surface area (Å²) >= 11 is 0. The van der Waals surface area contributed by atoms with Crippen LogP contribution in [-0.2, 0) is 9.84 Å². The molecule has 0 N–H and O–H groups in total. The molecule has 0 spiro atoms. The first-order chi connectivity index (χ1) is 6.98. The van der Waals surface area contributed by atoms with E-state index in [1.165, 1.54) is 6.21 Å². The lowest BCUT2D eigenvalue weighted by atomic mass is 10.2. The van der Waals surface area contributed by atoms with Gasteiger partial charge >= 0.3 is 0 Å². The zero-order chi connectivity index (χ0) is 11.1. The number of fused-ring (bicyclic) bond motifs is 1. The summed E-state index contributed by atoms with van der Waals surface area (Å²) in [5, 5.41) is -0.173. The number of aliphatic imine (C=N–C) groups is 1. The van der Waals surface area contributed by atoms with E-state index in [9.17, 15) is 13.2 Å². The average Bonchev–Trinajstić information content (AvgIpc) is 2.16. The van der Waals surface area contributed by atoms with E-state index in [0.717, 1.165) is 12.5 Å². The second-order valence-corrected chi connectivity index (χ2v) is 5.05. The predicted octanol–water partition coefficient (Wildman–Crippen LogP) is 0.169.